The topological polar surface area (TPSA) is 111 Å². The fourth-order valence-electron chi connectivity index (χ4n) is 3.95. The summed E-state index contributed by atoms with van der Waals surface area (Å²) in [5.41, 5.74) is 11.9. The van der Waals surface area contributed by atoms with E-state index in [1.807, 2.05) is 24.3 Å². The molecule has 0 radical (unpaired) electrons. The van der Waals surface area contributed by atoms with Crippen LogP contribution in [0.4, 0.5) is 11.6 Å². The lowest BCUT2D eigenvalue weighted by atomic mass is 10.0. The fraction of sp³-hybridized carbons (Fsp3) is 0.227. The molecular formula is C22H22N6O2. The summed E-state index contributed by atoms with van der Waals surface area (Å²) in [6.45, 7) is 0.539. The Kier molecular flexibility index (Phi) is 4.48. The van der Waals surface area contributed by atoms with Crippen molar-refractivity contribution in [2.24, 2.45) is 0 Å². The van der Waals surface area contributed by atoms with Crippen molar-refractivity contribution in [1.82, 2.24) is 19.6 Å². The van der Waals surface area contributed by atoms with Gasteiger partial charge in [-0.05, 0) is 53.5 Å². The van der Waals surface area contributed by atoms with E-state index in [-0.39, 0.29) is 12.6 Å². The molecule has 2 aromatic heterocycles. The van der Waals surface area contributed by atoms with Crippen molar-refractivity contribution in [2.45, 2.75) is 12.8 Å². The van der Waals surface area contributed by atoms with E-state index in [2.05, 4.69) is 33.6 Å². The van der Waals surface area contributed by atoms with Gasteiger partial charge < -0.3 is 20.9 Å². The third kappa shape index (κ3) is 3.11. The van der Waals surface area contributed by atoms with Crippen molar-refractivity contribution < 1.29 is 9.84 Å². The minimum absolute atomic E-state index is 0.0630. The Morgan fingerprint density at radius 3 is 2.93 bits per heavy atom. The van der Waals surface area contributed by atoms with E-state index in [4.69, 9.17) is 20.6 Å². The first kappa shape index (κ1) is 18.4. The van der Waals surface area contributed by atoms with Crippen LogP contribution in [-0.4, -0.2) is 45.0 Å². The lowest BCUT2D eigenvalue weighted by molar-refractivity contribution is 0.311. The number of allylic oxidation sites excluding steroid dienone is 2. The maximum Gasteiger partial charge on any atom is 0.240 e. The molecule has 0 spiro atoms. The van der Waals surface area contributed by atoms with Gasteiger partial charge in [0.25, 0.3) is 0 Å². The number of aliphatic hydroxyl groups excluding tert-OH is 1. The molecule has 4 aromatic rings. The summed E-state index contributed by atoms with van der Waals surface area (Å²) in [7, 11) is 1.68. The lowest BCUT2D eigenvalue weighted by Crippen LogP contribution is -2.07. The summed E-state index contributed by atoms with van der Waals surface area (Å²) in [4.78, 5) is 9.32. The van der Waals surface area contributed by atoms with Crippen LogP contribution in [0.15, 0.2) is 42.5 Å². The number of nitrogens with two attached hydrogens (primary N) is 1. The number of hydrogen-bond acceptors (Lipinski definition) is 7. The second-order valence-electron chi connectivity index (χ2n) is 7.25. The molecule has 0 fully saturated rings. The van der Waals surface area contributed by atoms with Gasteiger partial charge in [-0.25, -0.2) is 4.98 Å². The average Bonchev–Trinajstić information content (AvgIpc) is 3.35. The summed E-state index contributed by atoms with van der Waals surface area (Å²) < 4.78 is 7.14. The van der Waals surface area contributed by atoms with Crippen molar-refractivity contribution in [1.29, 1.82) is 0 Å². The van der Waals surface area contributed by atoms with Crippen LogP contribution >= 0.6 is 0 Å². The predicted octanol–water partition coefficient (Wildman–Crippen LogP) is 2.45. The van der Waals surface area contributed by atoms with Crippen molar-refractivity contribution >= 4 is 33.8 Å². The molecule has 0 saturated heterocycles. The van der Waals surface area contributed by atoms with Gasteiger partial charge >= 0.3 is 0 Å². The van der Waals surface area contributed by atoms with E-state index in [1.165, 1.54) is 16.7 Å². The number of aliphatic hydroxyl groups is 1. The summed E-state index contributed by atoms with van der Waals surface area (Å²) in [5.74, 6) is 1.82. The van der Waals surface area contributed by atoms with Crippen LogP contribution in [0.5, 0.6) is 5.75 Å². The first-order valence-electron chi connectivity index (χ1n) is 9.82. The normalized spacial score (nSPS) is 12.9. The summed E-state index contributed by atoms with van der Waals surface area (Å²) in [5, 5.41) is 17.5. The molecule has 1 aliphatic carbocycles. The molecule has 5 rings (SSSR count). The number of fused-ring (bicyclic) bond motifs is 4. The van der Waals surface area contributed by atoms with E-state index in [0.717, 1.165) is 34.6 Å². The molecule has 0 unspecified atom stereocenters. The standard InChI is InChI=1S/C22H22N6O2/c1-30-16-6-4-13-2-3-14(18(13)12-16)10-20-25-19-11-15(24-8-9-29)5-7-17(19)21-26-22(23)27-28(20)21/h3-7,11-12,24,29H,2,8-10H2,1H3,(H2,23,27). The molecule has 0 amide bonds. The molecular weight excluding hydrogens is 380 g/mol. The van der Waals surface area contributed by atoms with Crippen LogP contribution in [0, 0.1) is 0 Å². The third-order valence-electron chi connectivity index (χ3n) is 5.38. The molecule has 8 nitrogen and oxygen atoms in total. The highest BCUT2D eigenvalue weighted by molar-refractivity contribution is 5.93. The van der Waals surface area contributed by atoms with Gasteiger partial charge in [-0.15, -0.1) is 5.10 Å². The highest BCUT2D eigenvalue weighted by Crippen LogP contribution is 2.33. The van der Waals surface area contributed by atoms with Gasteiger partial charge in [0.15, 0.2) is 5.65 Å². The van der Waals surface area contributed by atoms with Gasteiger partial charge in [0.1, 0.15) is 11.6 Å². The molecule has 30 heavy (non-hydrogen) atoms. The van der Waals surface area contributed by atoms with E-state index in [1.54, 1.807) is 11.6 Å². The smallest absolute Gasteiger partial charge is 0.240 e. The molecule has 1 aliphatic rings. The number of ether oxygens (including phenoxy) is 1. The van der Waals surface area contributed by atoms with Gasteiger partial charge in [-0.1, -0.05) is 12.1 Å². The number of nitrogens with zero attached hydrogens (tertiary/aromatic N) is 4. The van der Waals surface area contributed by atoms with E-state index in [9.17, 15) is 0 Å². The number of aromatic nitrogens is 4. The van der Waals surface area contributed by atoms with Crippen molar-refractivity contribution in [3.63, 3.8) is 0 Å². The molecule has 0 atom stereocenters. The van der Waals surface area contributed by atoms with Crippen LogP contribution < -0.4 is 15.8 Å². The van der Waals surface area contributed by atoms with Crippen LogP contribution in [0.1, 0.15) is 17.0 Å². The minimum Gasteiger partial charge on any atom is -0.497 e. The van der Waals surface area contributed by atoms with Crippen LogP contribution in [0.3, 0.4) is 0 Å². The van der Waals surface area contributed by atoms with Crippen molar-refractivity contribution in [3.8, 4) is 5.75 Å². The number of rotatable bonds is 6. The zero-order valence-electron chi connectivity index (χ0n) is 16.6. The first-order chi connectivity index (χ1) is 14.7. The zero-order chi connectivity index (χ0) is 20.7. The largest absolute Gasteiger partial charge is 0.497 e. The molecule has 2 heterocycles. The van der Waals surface area contributed by atoms with Gasteiger partial charge in [0.05, 0.1) is 19.2 Å². The van der Waals surface area contributed by atoms with E-state index in [0.29, 0.717) is 18.6 Å². The Hall–Kier alpha value is -3.65. The summed E-state index contributed by atoms with van der Waals surface area (Å²) >= 11 is 0. The molecule has 0 saturated carbocycles. The third-order valence-corrected chi connectivity index (χ3v) is 5.38. The highest BCUT2D eigenvalue weighted by Gasteiger charge is 2.19. The Bertz CT molecular complexity index is 1290. The monoisotopic (exact) mass is 402 g/mol. The maximum absolute atomic E-state index is 9.08. The number of methoxy groups -OCH3 is 1. The van der Waals surface area contributed by atoms with Crippen LogP contribution in [0.25, 0.3) is 22.1 Å². The summed E-state index contributed by atoms with van der Waals surface area (Å²) in [6.07, 6.45) is 3.71. The van der Waals surface area contributed by atoms with Crippen molar-refractivity contribution in [3.05, 3.63) is 59.4 Å². The SMILES string of the molecule is COc1ccc2c(c1)C(Cc1nc3cc(NCCO)ccc3c3nc(N)nn13)=CC2. The van der Waals surface area contributed by atoms with Crippen LogP contribution in [0.2, 0.25) is 0 Å². The van der Waals surface area contributed by atoms with E-state index >= 15 is 0 Å². The maximum atomic E-state index is 9.08. The number of anilines is 2. The number of hydrogen-bond donors (Lipinski definition) is 3. The lowest BCUT2D eigenvalue weighted by Gasteiger charge is -2.11. The molecule has 0 aliphatic heterocycles. The fourth-order valence-corrected chi connectivity index (χ4v) is 3.95. The Balaban J connectivity index is 1.60. The highest BCUT2D eigenvalue weighted by atomic mass is 16.5. The Labute approximate surface area is 173 Å². The summed E-state index contributed by atoms with van der Waals surface area (Å²) in [6, 6.07) is 12.0. The average molecular weight is 402 g/mol. The van der Waals surface area contributed by atoms with Crippen molar-refractivity contribution in [2.75, 3.05) is 31.3 Å². The number of nitrogen functional groups attached to an aromatic ring is 1. The second-order valence-corrected chi connectivity index (χ2v) is 7.25. The quantitative estimate of drug-likeness (QED) is 0.454. The van der Waals surface area contributed by atoms with Gasteiger partial charge in [0, 0.05) is 24.0 Å². The van der Waals surface area contributed by atoms with Gasteiger partial charge in [0.2, 0.25) is 5.95 Å². The number of nitrogens with one attached hydrogen (secondary N) is 1. The minimum atomic E-state index is 0.0630. The van der Waals surface area contributed by atoms with Gasteiger partial charge in [-0.2, -0.15) is 9.50 Å². The molecule has 2 aromatic carbocycles. The Morgan fingerprint density at radius 2 is 2.10 bits per heavy atom. The molecule has 152 valence electrons. The molecule has 4 N–H and O–H groups in total. The van der Waals surface area contributed by atoms with Crippen LogP contribution in [-0.2, 0) is 12.8 Å². The van der Waals surface area contributed by atoms with E-state index < -0.39 is 0 Å². The predicted molar refractivity (Wildman–Crippen MR) is 117 cm³/mol. The second kappa shape index (κ2) is 7.31. The first-order valence-corrected chi connectivity index (χ1v) is 9.82. The molecule has 8 heteroatoms. The number of benzene rings is 2. The Morgan fingerprint density at radius 1 is 1.20 bits per heavy atom. The zero-order valence-corrected chi connectivity index (χ0v) is 16.6. The van der Waals surface area contributed by atoms with Gasteiger partial charge in [-0.3, -0.25) is 0 Å². The molecule has 0 bridgehead atoms.